The summed E-state index contributed by atoms with van der Waals surface area (Å²) in [4.78, 5) is 14.2. The molecule has 0 spiro atoms. The minimum Gasteiger partial charge on any atom is -0.493 e. The Kier molecular flexibility index (Phi) is 7.12. The van der Waals surface area contributed by atoms with Gasteiger partial charge in [-0.25, -0.2) is 4.39 Å². The molecule has 1 N–H and O–H groups in total. The first-order valence-electron chi connectivity index (χ1n) is 10.0. The van der Waals surface area contributed by atoms with Gasteiger partial charge in [0.1, 0.15) is 5.82 Å². The molecule has 158 valence electrons. The number of nitriles is 1. The number of nitrogens with zero attached hydrogens (tertiary/aromatic N) is 2. The molecule has 6 nitrogen and oxygen atoms in total. The number of benzene rings is 2. The van der Waals surface area contributed by atoms with Crippen LogP contribution in [-0.4, -0.2) is 32.7 Å². The highest BCUT2D eigenvalue weighted by molar-refractivity contribution is 5.92. The number of anilines is 2. The summed E-state index contributed by atoms with van der Waals surface area (Å²) in [5.74, 6) is -0.0740. The van der Waals surface area contributed by atoms with Crippen LogP contribution in [0.15, 0.2) is 36.4 Å². The van der Waals surface area contributed by atoms with Gasteiger partial charge >= 0.3 is 0 Å². The molecule has 1 aliphatic carbocycles. The Bertz CT molecular complexity index is 936. The monoisotopic (exact) mass is 411 g/mol. The zero-order chi connectivity index (χ0) is 21.5. The van der Waals surface area contributed by atoms with Gasteiger partial charge in [-0.15, -0.1) is 0 Å². The van der Waals surface area contributed by atoms with Crippen molar-refractivity contribution in [3.63, 3.8) is 0 Å². The fraction of sp³-hybridized carbons (Fsp3) is 0.391. The Morgan fingerprint density at radius 2 is 1.97 bits per heavy atom. The van der Waals surface area contributed by atoms with Crippen LogP contribution in [0.4, 0.5) is 15.8 Å². The van der Waals surface area contributed by atoms with Crippen LogP contribution in [0.5, 0.6) is 11.5 Å². The van der Waals surface area contributed by atoms with Crippen LogP contribution >= 0.6 is 0 Å². The minimum absolute atomic E-state index is 0.270. The summed E-state index contributed by atoms with van der Waals surface area (Å²) in [5.41, 5.74) is 1.34. The quantitative estimate of drug-likeness (QED) is 0.726. The molecule has 1 saturated carbocycles. The normalized spacial score (nSPS) is 13.9. The van der Waals surface area contributed by atoms with Crippen molar-refractivity contribution in [3.05, 3.63) is 47.8 Å². The second-order valence-corrected chi connectivity index (χ2v) is 7.38. The molecule has 0 saturated heterocycles. The molecule has 30 heavy (non-hydrogen) atoms. The maximum absolute atomic E-state index is 14.7. The van der Waals surface area contributed by atoms with E-state index in [1.807, 2.05) is 18.0 Å². The predicted molar refractivity (Wildman–Crippen MR) is 114 cm³/mol. The molecular formula is C23H26FN3O3. The number of carbonyl (C=O) groups excluding carboxylic acids is 1. The van der Waals surface area contributed by atoms with Gasteiger partial charge in [0.2, 0.25) is 0 Å². The summed E-state index contributed by atoms with van der Waals surface area (Å²) >= 11 is 0. The van der Waals surface area contributed by atoms with Crippen LogP contribution in [0.2, 0.25) is 0 Å². The molecule has 1 amide bonds. The van der Waals surface area contributed by atoms with Gasteiger partial charge < -0.3 is 19.7 Å². The standard InChI is InChI=1S/C23H26FN3O3/c1-27(18-6-4-3-5-7-18)20-10-9-17(13-19(20)24)26-23(28)15-30-21-11-8-16(14-25)12-22(21)29-2/h8-13,18H,3-7,15H2,1-2H3,(H,26,28). The van der Waals surface area contributed by atoms with Crippen LogP contribution in [-0.2, 0) is 4.79 Å². The number of methoxy groups -OCH3 is 1. The fourth-order valence-electron chi connectivity index (χ4n) is 3.73. The molecule has 3 rings (SSSR count). The van der Waals surface area contributed by atoms with E-state index in [2.05, 4.69) is 5.32 Å². The van der Waals surface area contributed by atoms with E-state index >= 15 is 0 Å². The Labute approximate surface area is 176 Å². The third-order valence-corrected chi connectivity index (χ3v) is 5.39. The van der Waals surface area contributed by atoms with E-state index in [-0.39, 0.29) is 12.4 Å². The lowest BCUT2D eigenvalue weighted by molar-refractivity contribution is -0.118. The van der Waals surface area contributed by atoms with Gasteiger partial charge in [-0.1, -0.05) is 19.3 Å². The average molecular weight is 411 g/mol. The van der Waals surface area contributed by atoms with Gasteiger partial charge in [0.25, 0.3) is 5.91 Å². The Hall–Kier alpha value is -3.27. The molecule has 0 radical (unpaired) electrons. The van der Waals surface area contributed by atoms with Gasteiger partial charge in [0.05, 0.1) is 24.4 Å². The van der Waals surface area contributed by atoms with E-state index in [1.165, 1.54) is 38.5 Å². The molecule has 2 aromatic carbocycles. The van der Waals surface area contributed by atoms with Crippen molar-refractivity contribution in [1.29, 1.82) is 5.26 Å². The Morgan fingerprint density at radius 3 is 2.63 bits per heavy atom. The molecule has 0 aliphatic heterocycles. The van der Waals surface area contributed by atoms with Crippen molar-refractivity contribution in [2.24, 2.45) is 0 Å². The van der Waals surface area contributed by atoms with Crippen molar-refractivity contribution >= 4 is 17.3 Å². The maximum atomic E-state index is 14.7. The Morgan fingerprint density at radius 1 is 1.20 bits per heavy atom. The largest absolute Gasteiger partial charge is 0.493 e. The van der Waals surface area contributed by atoms with E-state index in [0.717, 1.165) is 12.8 Å². The van der Waals surface area contributed by atoms with E-state index in [9.17, 15) is 9.18 Å². The minimum atomic E-state index is -0.422. The maximum Gasteiger partial charge on any atom is 0.262 e. The number of halogens is 1. The fourth-order valence-corrected chi connectivity index (χ4v) is 3.73. The lowest BCUT2D eigenvalue weighted by Gasteiger charge is -2.33. The summed E-state index contributed by atoms with van der Waals surface area (Å²) in [5, 5.41) is 11.6. The van der Waals surface area contributed by atoms with E-state index in [1.54, 1.807) is 24.3 Å². The summed E-state index contributed by atoms with van der Waals surface area (Å²) in [6.07, 6.45) is 5.74. The van der Waals surface area contributed by atoms with Crippen LogP contribution in [0.1, 0.15) is 37.7 Å². The predicted octanol–water partition coefficient (Wildman–Crippen LogP) is 4.49. The summed E-state index contributed by atoms with van der Waals surface area (Å²) in [7, 11) is 3.38. The number of amides is 1. The van der Waals surface area contributed by atoms with Crippen molar-refractivity contribution in [2.45, 2.75) is 38.1 Å². The SMILES string of the molecule is COc1cc(C#N)ccc1OCC(=O)Nc1ccc(N(C)C2CCCCC2)c(F)c1. The zero-order valence-corrected chi connectivity index (χ0v) is 17.3. The smallest absolute Gasteiger partial charge is 0.262 e. The van der Waals surface area contributed by atoms with Gasteiger partial charge in [-0.05, 0) is 43.2 Å². The first-order valence-corrected chi connectivity index (χ1v) is 10.0. The van der Waals surface area contributed by atoms with Crippen molar-refractivity contribution in [2.75, 3.05) is 31.0 Å². The van der Waals surface area contributed by atoms with E-state index in [4.69, 9.17) is 14.7 Å². The third-order valence-electron chi connectivity index (χ3n) is 5.39. The number of carbonyl (C=O) groups is 1. The highest BCUT2D eigenvalue weighted by Gasteiger charge is 2.20. The van der Waals surface area contributed by atoms with Gasteiger partial charge in [0.15, 0.2) is 18.1 Å². The molecule has 7 heteroatoms. The third kappa shape index (κ3) is 5.20. The lowest BCUT2D eigenvalue weighted by Crippen LogP contribution is -2.33. The number of hydrogen-bond donors (Lipinski definition) is 1. The molecule has 1 aliphatic rings. The number of hydrogen-bond acceptors (Lipinski definition) is 5. The molecule has 0 unspecified atom stereocenters. The number of nitrogens with one attached hydrogen (secondary N) is 1. The topological polar surface area (TPSA) is 74.6 Å². The van der Waals surface area contributed by atoms with E-state index in [0.29, 0.717) is 34.5 Å². The molecule has 0 bridgehead atoms. The number of rotatable bonds is 7. The van der Waals surface area contributed by atoms with Crippen LogP contribution in [0.3, 0.4) is 0 Å². The zero-order valence-electron chi connectivity index (χ0n) is 17.3. The van der Waals surface area contributed by atoms with Gasteiger partial charge in [0, 0.05) is 24.8 Å². The lowest BCUT2D eigenvalue weighted by atomic mass is 9.94. The number of ether oxygens (including phenoxy) is 2. The summed E-state index contributed by atoms with van der Waals surface area (Å²) in [6.45, 7) is -0.270. The summed E-state index contributed by atoms with van der Waals surface area (Å²) in [6, 6.07) is 11.8. The molecule has 0 aromatic heterocycles. The van der Waals surface area contributed by atoms with Crippen molar-refractivity contribution in [1.82, 2.24) is 0 Å². The van der Waals surface area contributed by atoms with Crippen LogP contribution < -0.4 is 19.7 Å². The average Bonchev–Trinajstić information content (AvgIpc) is 2.77. The van der Waals surface area contributed by atoms with Crippen molar-refractivity contribution < 1.29 is 18.7 Å². The van der Waals surface area contributed by atoms with E-state index < -0.39 is 5.91 Å². The highest BCUT2D eigenvalue weighted by Crippen LogP contribution is 2.30. The Balaban J connectivity index is 1.59. The van der Waals surface area contributed by atoms with Crippen molar-refractivity contribution in [3.8, 4) is 17.6 Å². The molecular weight excluding hydrogens is 385 g/mol. The second-order valence-electron chi connectivity index (χ2n) is 7.38. The second kappa shape index (κ2) is 9.97. The molecule has 2 aromatic rings. The van der Waals surface area contributed by atoms with Crippen LogP contribution in [0.25, 0.3) is 0 Å². The van der Waals surface area contributed by atoms with Gasteiger partial charge in [-0.2, -0.15) is 5.26 Å². The molecule has 1 fully saturated rings. The van der Waals surface area contributed by atoms with Gasteiger partial charge in [-0.3, -0.25) is 4.79 Å². The first kappa shape index (κ1) is 21.4. The molecule has 0 atom stereocenters. The molecule has 0 heterocycles. The van der Waals surface area contributed by atoms with Crippen LogP contribution in [0, 0.1) is 17.1 Å². The highest BCUT2D eigenvalue weighted by atomic mass is 19.1. The first-order chi connectivity index (χ1) is 14.5. The summed E-state index contributed by atoms with van der Waals surface area (Å²) < 4.78 is 25.3.